The van der Waals surface area contributed by atoms with E-state index in [-0.39, 0.29) is 0 Å². The van der Waals surface area contributed by atoms with Crippen molar-refractivity contribution in [2.24, 2.45) is 0 Å². The molecule has 10 aromatic carbocycles. The van der Waals surface area contributed by atoms with Gasteiger partial charge >= 0.3 is 0 Å². The van der Waals surface area contributed by atoms with E-state index >= 15 is 0 Å². The minimum absolute atomic E-state index is 1.09. The fourth-order valence-corrected chi connectivity index (χ4v) is 9.99. The highest BCUT2D eigenvalue weighted by atomic mass is 32.1. The lowest BCUT2D eigenvalue weighted by Crippen LogP contribution is -2.11. The van der Waals surface area contributed by atoms with Crippen molar-refractivity contribution in [2.75, 3.05) is 4.90 Å². The average molecular weight is 782 g/mol. The lowest BCUT2D eigenvalue weighted by molar-refractivity contribution is 1.28. The van der Waals surface area contributed by atoms with Crippen LogP contribution in [0.4, 0.5) is 17.1 Å². The molecule has 0 aliphatic heterocycles. The molecule has 0 amide bonds. The molecule has 1 nitrogen and oxygen atoms in total. The molecule has 2 heteroatoms. The first-order valence-corrected chi connectivity index (χ1v) is 21.3. The highest BCUT2D eigenvalue weighted by Crippen LogP contribution is 2.47. The van der Waals surface area contributed by atoms with Gasteiger partial charge in [0.05, 0.1) is 5.69 Å². The number of benzene rings is 10. The molecule has 60 heavy (non-hydrogen) atoms. The molecule has 11 aromatic rings. The highest BCUT2D eigenvalue weighted by molar-refractivity contribution is 7.25. The normalized spacial score (nSPS) is 11.3. The van der Waals surface area contributed by atoms with Crippen LogP contribution in [0.2, 0.25) is 0 Å². The number of hydrogen-bond donors (Lipinski definition) is 0. The first-order valence-electron chi connectivity index (χ1n) is 20.5. The molecule has 0 aliphatic rings. The van der Waals surface area contributed by atoms with Crippen LogP contribution >= 0.6 is 11.3 Å². The van der Waals surface area contributed by atoms with Crippen LogP contribution in [0.1, 0.15) is 0 Å². The summed E-state index contributed by atoms with van der Waals surface area (Å²) in [5.41, 5.74) is 15.3. The third-order valence-corrected chi connectivity index (χ3v) is 12.8. The number of fused-ring (bicyclic) bond motifs is 4. The molecule has 0 atom stereocenters. The summed E-state index contributed by atoms with van der Waals surface area (Å²) < 4.78 is 2.63. The van der Waals surface area contributed by atoms with Crippen molar-refractivity contribution in [3.05, 3.63) is 237 Å². The number of hydrogen-bond acceptors (Lipinski definition) is 2. The molecule has 0 radical (unpaired) electrons. The fraction of sp³-hybridized carbons (Fsp3) is 0. The van der Waals surface area contributed by atoms with E-state index in [1.54, 1.807) is 0 Å². The summed E-state index contributed by atoms with van der Waals surface area (Å²) in [6.07, 6.45) is 0. The highest BCUT2D eigenvalue weighted by Gasteiger charge is 2.21. The van der Waals surface area contributed by atoms with Gasteiger partial charge in [-0.05, 0) is 109 Å². The summed E-state index contributed by atoms with van der Waals surface area (Å²) in [5, 5.41) is 5.11. The molecule has 1 heterocycles. The van der Waals surface area contributed by atoms with Crippen LogP contribution in [0.5, 0.6) is 0 Å². The molecule has 0 saturated carbocycles. The summed E-state index contributed by atoms with van der Waals surface area (Å²) in [5.74, 6) is 0. The molecule has 0 spiro atoms. The van der Waals surface area contributed by atoms with E-state index in [1.807, 2.05) is 11.3 Å². The van der Waals surface area contributed by atoms with E-state index < -0.39 is 0 Å². The third kappa shape index (κ3) is 6.44. The molecule has 0 fully saturated rings. The van der Waals surface area contributed by atoms with Crippen LogP contribution in [-0.2, 0) is 0 Å². The summed E-state index contributed by atoms with van der Waals surface area (Å²) in [4.78, 5) is 2.43. The number of rotatable bonds is 8. The summed E-state index contributed by atoms with van der Waals surface area (Å²) in [6, 6.07) is 86.2. The van der Waals surface area contributed by atoms with Crippen molar-refractivity contribution in [3.8, 4) is 55.6 Å². The van der Waals surface area contributed by atoms with Crippen molar-refractivity contribution >= 4 is 59.3 Å². The number of para-hydroxylation sites is 1. The Kier molecular flexibility index (Phi) is 9.11. The van der Waals surface area contributed by atoms with Crippen molar-refractivity contribution in [2.45, 2.75) is 0 Å². The van der Waals surface area contributed by atoms with E-state index in [1.165, 1.54) is 81.0 Å². The topological polar surface area (TPSA) is 3.24 Å². The lowest BCUT2D eigenvalue weighted by atomic mass is 9.88. The first kappa shape index (κ1) is 35.6. The maximum atomic E-state index is 2.43. The fourth-order valence-electron chi connectivity index (χ4n) is 8.86. The van der Waals surface area contributed by atoms with Gasteiger partial charge < -0.3 is 4.90 Å². The zero-order valence-corrected chi connectivity index (χ0v) is 33.7. The number of thiophene rings is 1. The van der Waals surface area contributed by atoms with Crippen molar-refractivity contribution in [1.82, 2.24) is 0 Å². The Morgan fingerprint density at radius 3 is 1.63 bits per heavy atom. The minimum Gasteiger partial charge on any atom is -0.310 e. The second-order valence-electron chi connectivity index (χ2n) is 15.2. The maximum Gasteiger partial charge on any atom is 0.0540 e. The predicted molar refractivity (Wildman–Crippen MR) is 259 cm³/mol. The molecule has 282 valence electrons. The monoisotopic (exact) mass is 781 g/mol. The molecule has 0 aliphatic carbocycles. The zero-order chi connectivity index (χ0) is 39.8. The van der Waals surface area contributed by atoms with Gasteiger partial charge in [0.25, 0.3) is 0 Å². The molecule has 11 rings (SSSR count). The number of nitrogens with zero attached hydrogens (tertiary/aromatic N) is 1. The van der Waals surface area contributed by atoms with Gasteiger partial charge in [0.2, 0.25) is 0 Å². The van der Waals surface area contributed by atoms with Gasteiger partial charge in [-0.3, -0.25) is 0 Å². The molecule has 0 N–H and O–H groups in total. The van der Waals surface area contributed by atoms with Crippen molar-refractivity contribution in [1.29, 1.82) is 0 Å². The van der Waals surface area contributed by atoms with Gasteiger partial charge in [-0.2, -0.15) is 0 Å². The quantitative estimate of drug-likeness (QED) is 0.148. The Labute approximate surface area is 354 Å². The first-order chi connectivity index (χ1) is 29.8. The van der Waals surface area contributed by atoms with Crippen molar-refractivity contribution < 1.29 is 0 Å². The van der Waals surface area contributed by atoms with Crippen LogP contribution in [0.25, 0.3) is 86.6 Å². The van der Waals surface area contributed by atoms with E-state index in [9.17, 15) is 0 Å². The van der Waals surface area contributed by atoms with Gasteiger partial charge in [0.1, 0.15) is 0 Å². The smallest absolute Gasteiger partial charge is 0.0540 e. The molecular weight excluding hydrogens is 743 g/mol. The molecule has 0 bridgehead atoms. The van der Waals surface area contributed by atoms with Crippen LogP contribution in [0.3, 0.4) is 0 Å². The Balaban J connectivity index is 1.09. The van der Waals surface area contributed by atoms with Crippen LogP contribution < -0.4 is 4.90 Å². The van der Waals surface area contributed by atoms with E-state index in [0.29, 0.717) is 0 Å². The Morgan fingerprint density at radius 1 is 0.283 bits per heavy atom. The molecule has 0 unspecified atom stereocenters. The Bertz CT molecular complexity index is 3320. The van der Waals surface area contributed by atoms with E-state index in [0.717, 1.165) is 22.6 Å². The lowest BCUT2D eigenvalue weighted by Gasteiger charge is -2.29. The van der Waals surface area contributed by atoms with E-state index in [4.69, 9.17) is 0 Å². The van der Waals surface area contributed by atoms with Crippen LogP contribution in [0, 0.1) is 0 Å². The van der Waals surface area contributed by atoms with Gasteiger partial charge in [-0.25, -0.2) is 0 Å². The molecule has 0 saturated heterocycles. The summed E-state index contributed by atoms with van der Waals surface area (Å²) in [7, 11) is 0. The second-order valence-corrected chi connectivity index (χ2v) is 16.3. The number of anilines is 3. The van der Waals surface area contributed by atoms with Crippen LogP contribution in [0.15, 0.2) is 237 Å². The van der Waals surface area contributed by atoms with Crippen molar-refractivity contribution in [3.63, 3.8) is 0 Å². The third-order valence-electron chi connectivity index (χ3n) is 11.7. The average Bonchev–Trinajstić information content (AvgIpc) is 3.72. The van der Waals surface area contributed by atoms with Gasteiger partial charge in [-0.15, -0.1) is 11.3 Å². The molecular formula is C58H39NS. The largest absolute Gasteiger partial charge is 0.310 e. The zero-order valence-electron chi connectivity index (χ0n) is 32.9. The van der Waals surface area contributed by atoms with Gasteiger partial charge in [0, 0.05) is 37.1 Å². The SMILES string of the molecule is c1ccc(-c2ccccc2-c2ccccc2-c2ccccc2N(c2ccc(-c3cccc4sc5ccccc5c34)cc2)c2cccc(-c3ccc4ccccc4c3)c2)cc1. The maximum absolute atomic E-state index is 2.43. The second kappa shape index (κ2) is 15.3. The van der Waals surface area contributed by atoms with Gasteiger partial charge in [-0.1, -0.05) is 188 Å². The van der Waals surface area contributed by atoms with Crippen LogP contribution in [-0.4, -0.2) is 0 Å². The standard InChI is InChI=1S/C58H39NS/c1-2-17-41(18-3-1)48-22-6-7-23-50(48)51-24-8-9-25-52(51)53-26-10-12-29-55(53)59(47-21-14-20-44(39-47)45-33-32-40-16-4-5-19-43(40)38-45)46-36-34-42(35-37-46)49-28-15-31-57-58(49)54-27-11-13-30-56(54)60-57/h1-39H. The summed E-state index contributed by atoms with van der Waals surface area (Å²) in [6.45, 7) is 0. The Hall–Kier alpha value is -7.52. The minimum atomic E-state index is 1.09. The molecule has 1 aromatic heterocycles. The summed E-state index contributed by atoms with van der Waals surface area (Å²) >= 11 is 1.86. The van der Waals surface area contributed by atoms with E-state index in [2.05, 4.69) is 241 Å². The van der Waals surface area contributed by atoms with Gasteiger partial charge in [0.15, 0.2) is 0 Å². The Morgan fingerprint density at radius 2 is 0.817 bits per heavy atom. The predicted octanol–water partition coefficient (Wildman–Crippen LogP) is 17.0.